The number of ketones is 1. The molecular formula is C66H62N4O18S5. The smallest absolute Gasteiger partial charge is 0.341 e. The lowest BCUT2D eigenvalue weighted by Crippen LogP contribution is -2.32. The molecule has 4 heterocycles. The maximum atomic E-state index is 12.3. The highest BCUT2D eigenvalue weighted by molar-refractivity contribution is 8.26. The van der Waals surface area contributed by atoms with Crippen molar-refractivity contribution in [1.29, 1.82) is 0 Å². The lowest BCUT2D eigenvalue weighted by atomic mass is 10.1. The summed E-state index contributed by atoms with van der Waals surface area (Å²) in [6, 6.07) is 29.1. The van der Waals surface area contributed by atoms with Crippen LogP contribution >= 0.6 is 58.0 Å². The Morgan fingerprint density at radius 2 is 1.15 bits per heavy atom. The molecule has 27 heteroatoms. The number of amides is 1. The Kier molecular flexibility index (Phi) is 26.4. The van der Waals surface area contributed by atoms with Gasteiger partial charge in [-0.25, -0.2) is 14.4 Å². The second-order valence-electron chi connectivity index (χ2n) is 19.2. The van der Waals surface area contributed by atoms with Gasteiger partial charge in [-0.3, -0.25) is 28.9 Å². The minimum absolute atomic E-state index is 0.000338. The first kappa shape index (κ1) is 71.8. The summed E-state index contributed by atoms with van der Waals surface area (Å²) in [4.78, 5) is 95.6. The van der Waals surface area contributed by atoms with Crippen molar-refractivity contribution in [3.05, 3.63) is 213 Å². The van der Waals surface area contributed by atoms with Gasteiger partial charge in [0.25, 0.3) is 22.6 Å². The maximum Gasteiger partial charge on any atom is 0.341 e. The number of aliphatic carboxylic acids is 2. The maximum absolute atomic E-state index is 12.3. The summed E-state index contributed by atoms with van der Waals surface area (Å²) < 4.78 is 44.5. The van der Waals surface area contributed by atoms with E-state index < -0.39 is 24.5 Å². The molecule has 484 valence electrons. The quantitative estimate of drug-likeness (QED) is 0.0379. The van der Waals surface area contributed by atoms with Gasteiger partial charge in [0, 0.05) is 19.7 Å². The van der Waals surface area contributed by atoms with Crippen molar-refractivity contribution in [2.75, 3.05) is 47.7 Å². The molecule has 0 spiro atoms. The molecular weight excluding hydrogens is 1300 g/mol. The Bertz CT molecular complexity index is 4680. The van der Waals surface area contributed by atoms with Gasteiger partial charge in [-0.1, -0.05) is 105 Å². The van der Waals surface area contributed by atoms with Crippen LogP contribution in [-0.4, -0.2) is 116 Å². The number of thiocarbonyl (C=S) groups is 1. The average molecular weight is 1360 g/mol. The van der Waals surface area contributed by atoms with Crippen LogP contribution in [0.2, 0.25) is 0 Å². The molecule has 3 aromatic heterocycles. The number of nitrogens with zero attached hydrogens (tertiary/aromatic N) is 3. The summed E-state index contributed by atoms with van der Waals surface area (Å²) in [6.07, 6.45) is 8.59. The number of H-pyrrole nitrogens is 1. The summed E-state index contributed by atoms with van der Waals surface area (Å²) in [5, 5.41) is 26.1. The minimum atomic E-state index is -1.07. The number of carboxylic acid groups (broad SMARTS) is 3. The number of thiazole rings is 3. The van der Waals surface area contributed by atoms with Crippen LogP contribution in [0.1, 0.15) is 45.1 Å². The molecule has 4 N–H and O–H groups in total. The number of aromatic carboxylic acids is 1. The Balaban J connectivity index is 0.000000198. The highest BCUT2D eigenvalue weighted by Crippen LogP contribution is 2.36. The first-order valence-electron chi connectivity index (χ1n) is 27.2. The van der Waals surface area contributed by atoms with Gasteiger partial charge >= 0.3 is 17.9 Å². The number of aromatic amines is 1. The molecule has 1 fully saturated rings. The number of benzene rings is 5. The Morgan fingerprint density at radius 3 is 1.65 bits per heavy atom. The second-order valence-corrected chi connectivity index (χ2v) is 24.3. The van der Waals surface area contributed by atoms with Crippen molar-refractivity contribution < 1.29 is 72.5 Å². The molecule has 0 radical (unpaired) electrons. The predicted octanol–water partition coefficient (Wildman–Crippen LogP) is 5.32. The number of para-hydroxylation sites is 1. The molecule has 0 aliphatic carbocycles. The third-order valence-electron chi connectivity index (χ3n) is 12.5. The average Bonchev–Trinajstić information content (AvgIpc) is 1.89. The Labute approximate surface area is 552 Å². The van der Waals surface area contributed by atoms with Gasteiger partial charge < -0.3 is 62.6 Å². The van der Waals surface area contributed by atoms with Crippen LogP contribution in [0.3, 0.4) is 0 Å². The number of carboxylic acids is 3. The normalized spacial score (nSPS) is 12.6. The Hall–Kier alpha value is -10.3. The van der Waals surface area contributed by atoms with Gasteiger partial charge in [0.15, 0.2) is 47.7 Å². The predicted molar refractivity (Wildman–Crippen MR) is 365 cm³/mol. The molecule has 0 unspecified atom stereocenters. The van der Waals surface area contributed by atoms with Crippen LogP contribution in [-0.2, 0) is 39.9 Å². The van der Waals surface area contributed by atoms with Crippen LogP contribution in [0.5, 0.6) is 40.2 Å². The number of carbonyl (C=O) groups is 5. The van der Waals surface area contributed by atoms with Gasteiger partial charge in [0.2, 0.25) is 0 Å². The molecule has 93 heavy (non-hydrogen) atoms. The highest BCUT2D eigenvalue weighted by Gasteiger charge is 2.32. The van der Waals surface area contributed by atoms with E-state index in [2.05, 4.69) is 31.3 Å². The number of ether oxygens (including phenoxy) is 7. The minimum Gasteiger partial charge on any atom is -0.493 e. The molecule has 1 saturated heterocycles. The SMILES string of the molecule is C=CCOc1ccc(/C=C2\SC(=S)N(CC(C)=O)C2=O)cc1OC.C=c1[nH]c(=O)/c(=C/c2cccc(OC)c2OCc2ccc(C(=O)O)cc2)s1.C=c1sc(=Cc2ccc(OCC(=O)O)c(OC)c2)c(=O)n1C.C=c1sc(=Cc2ccc(OCC(=O)O)cc2)c(=O)n1C. The Morgan fingerprint density at radius 1 is 0.613 bits per heavy atom. The first-order valence-corrected chi connectivity index (χ1v) is 30.9. The molecule has 0 saturated carbocycles. The van der Waals surface area contributed by atoms with E-state index in [0.717, 1.165) is 22.3 Å². The van der Waals surface area contributed by atoms with E-state index in [-0.39, 0.29) is 53.7 Å². The largest absolute Gasteiger partial charge is 0.493 e. The van der Waals surface area contributed by atoms with Gasteiger partial charge in [-0.2, -0.15) is 0 Å². The lowest BCUT2D eigenvalue weighted by Gasteiger charge is -2.13. The van der Waals surface area contributed by atoms with Gasteiger partial charge in [-0.15, -0.1) is 34.0 Å². The fourth-order valence-electron chi connectivity index (χ4n) is 7.90. The monoisotopic (exact) mass is 1360 g/mol. The highest BCUT2D eigenvalue weighted by atomic mass is 32.2. The van der Waals surface area contributed by atoms with E-state index in [9.17, 15) is 38.4 Å². The molecule has 5 aromatic carbocycles. The molecule has 0 bridgehead atoms. The van der Waals surface area contributed by atoms with Crippen LogP contribution in [0.15, 0.2) is 135 Å². The number of Topliss-reactive ketones (excluding diaryl/α,β-unsaturated/α-hetero) is 1. The van der Waals surface area contributed by atoms with E-state index in [0.29, 0.717) is 89.2 Å². The van der Waals surface area contributed by atoms with Crippen molar-refractivity contribution in [2.24, 2.45) is 14.1 Å². The first-order chi connectivity index (χ1) is 44.3. The summed E-state index contributed by atoms with van der Waals surface area (Å²) in [5.41, 5.74) is 3.70. The van der Waals surface area contributed by atoms with Crippen LogP contribution in [0.25, 0.3) is 44.0 Å². The van der Waals surface area contributed by atoms with Crippen molar-refractivity contribution in [1.82, 2.24) is 19.0 Å². The molecule has 1 aliphatic heterocycles. The van der Waals surface area contributed by atoms with E-state index in [1.807, 2.05) is 18.2 Å². The van der Waals surface area contributed by atoms with Crippen molar-refractivity contribution in [2.45, 2.75) is 13.5 Å². The number of hydrogen-bond acceptors (Lipinski definition) is 20. The molecule has 22 nitrogen and oxygen atoms in total. The van der Waals surface area contributed by atoms with E-state index in [1.54, 1.807) is 131 Å². The zero-order chi connectivity index (χ0) is 68.1. The number of thioether (sulfide) groups is 1. The molecule has 1 amide bonds. The zero-order valence-electron chi connectivity index (χ0n) is 50.9. The second kappa shape index (κ2) is 34.2. The van der Waals surface area contributed by atoms with E-state index in [4.69, 9.17) is 60.7 Å². The van der Waals surface area contributed by atoms with Gasteiger partial charge in [-0.05, 0) is 108 Å². The number of carbonyl (C=O) groups excluding carboxylic acids is 2. The van der Waals surface area contributed by atoms with Crippen molar-refractivity contribution >= 4 is 136 Å². The van der Waals surface area contributed by atoms with Crippen molar-refractivity contribution in [3.63, 3.8) is 0 Å². The van der Waals surface area contributed by atoms with E-state index in [1.165, 1.54) is 86.0 Å². The molecule has 0 atom stereocenters. The van der Waals surface area contributed by atoms with Crippen LogP contribution in [0, 0.1) is 0 Å². The standard InChI is InChI=1S/C20H17NO5S.C17H17NO4S2.C15H15NO5S.C14H13NO4S/c1-12-21-19(22)17(27-12)10-15-4-3-5-16(25-2)18(15)26-11-13-6-8-14(9-7-13)20(23)24;1-4-7-22-13-6-5-12(8-14(13)21-3)9-15-16(20)18(10-11(2)19)17(23)24-15;1-9-16(2)15(19)13(22-9)7-10-4-5-11(12(6-10)20-3)21-8-14(17)18;1-9-15(2)14(18)12(20-9)7-10-3-5-11(6-4-10)19-8-13(16)17/h3-10H,1,11H2,2H3,(H,21,22)(H,23,24);4-6,8-9H,1,7,10H2,2-3H3;4-7H,1,8H2,2-3H3,(H,17,18);3-7H,1,8H2,2H3,(H,16,17)/b17-10-;15-9-;;. The van der Waals surface area contributed by atoms with Gasteiger partial charge in [0.05, 0.1) is 65.9 Å². The third-order valence-corrected chi connectivity index (χ3v) is 16.8. The fourth-order valence-corrected chi connectivity index (χ4v) is 11.7. The molecule has 9 rings (SSSR count). The summed E-state index contributed by atoms with van der Waals surface area (Å²) in [7, 11) is 7.90. The van der Waals surface area contributed by atoms with Crippen LogP contribution < -0.4 is 77.4 Å². The van der Waals surface area contributed by atoms with E-state index >= 15 is 0 Å². The topological polar surface area (TPSA) is 291 Å². The van der Waals surface area contributed by atoms with Crippen LogP contribution in [0.4, 0.5) is 0 Å². The number of rotatable bonds is 22. The molecule has 1 aliphatic rings. The third kappa shape index (κ3) is 20.6. The number of methoxy groups -OCH3 is 3. The fraction of sp³-hybridized carbons (Fsp3) is 0.167. The summed E-state index contributed by atoms with van der Waals surface area (Å²) in [6.45, 7) is 16.1. The zero-order valence-corrected chi connectivity index (χ0v) is 55.0. The van der Waals surface area contributed by atoms with Crippen molar-refractivity contribution in [3.8, 4) is 40.2 Å². The summed E-state index contributed by atoms with van der Waals surface area (Å²) >= 11 is 10.2. The lowest BCUT2D eigenvalue weighted by molar-refractivity contribution is -0.140. The number of aromatic nitrogens is 3. The summed E-state index contributed by atoms with van der Waals surface area (Å²) in [5.74, 6) is -0.0378. The number of nitrogens with one attached hydrogen (secondary N) is 1. The van der Waals surface area contributed by atoms with Gasteiger partial charge in [0.1, 0.15) is 29.1 Å². The number of hydrogen-bond donors (Lipinski definition) is 4. The molecule has 8 aromatic rings.